The van der Waals surface area contributed by atoms with Gasteiger partial charge in [-0.25, -0.2) is 4.39 Å². The first kappa shape index (κ1) is 10.5. The Morgan fingerprint density at radius 3 is 2.79 bits per heavy atom. The van der Waals surface area contributed by atoms with Crippen LogP contribution in [0, 0.1) is 24.1 Å². The third-order valence-electron chi connectivity index (χ3n) is 2.17. The Bertz CT molecular complexity index is 382. The van der Waals surface area contributed by atoms with Gasteiger partial charge in [-0.3, -0.25) is 0 Å². The maximum Gasteiger partial charge on any atom is 0.132 e. The molecule has 4 N–H and O–H groups in total. The van der Waals surface area contributed by atoms with Crippen LogP contribution in [0.5, 0.6) is 0 Å². The number of hydrogen-bond acceptors (Lipinski definition) is 3. The predicted molar refractivity (Wildman–Crippen MR) is 52.7 cm³/mol. The van der Waals surface area contributed by atoms with Crippen molar-refractivity contribution in [1.82, 2.24) is 0 Å². The van der Waals surface area contributed by atoms with E-state index in [9.17, 15) is 4.39 Å². The largest absolute Gasteiger partial charge is 0.398 e. The molecule has 0 spiro atoms. The van der Waals surface area contributed by atoms with E-state index in [4.69, 9.17) is 16.7 Å². The number of nitrogen functional groups attached to an aromatic ring is 1. The fourth-order valence-electron chi connectivity index (χ4n) is 1.22. The Balaban J connectivity index is 3.12. The summed E-state index contributed by atoms with van der Waals surface area (Å²) in [5, 5.41) is 8.44. The molecule has 0 amide bonds. The zero-order valence-electron chi connectivity index (χ0n) is 7.92. The molecule has 0 unspecified atom stereocenters. The molecule has 0 aliphatic heterocycles. The van der Waals surface area contributed by atoms with E-state index in [0.29, 0.717) is 16.8 Å². The van der Waals surface area contributed by atoms with E-state index in [0.717, 1.165) is 0 Å². The van der Waals surface area contributed by atoms with Crippen LogP contribution in [-0.2, 0) is 0 Å². The summed E-state index contributed by atoms with van der Waals surface area (Å²) in [4.78, 5) is 0. The molecule has 1 atom stereocenters. The number of rotatable bonds is 2. The molecule has 74 valence electrons. The second kappa shape index (κ2) is 4.07. The molecule has 14 heavy (non-hydrogen) atoms. The minimum Gasteiger partial charge on any atom is -0.398 e. The van der Waals surface area contributed by atoms with Crippen molar-refractivity contribution < 1.29 is 4.39 Å². The molecular formula is C10H12FN3. The van der Waals surface area contributed by atoms with Crippen molar-refractivity contribution >= 4 is 5.69 Å². The first-order valence-electron chi connectivity index (χ1n) is 4.25. The van der Waals surface area contributed by atoms with Gasteiger partial charge in [-0.2, -0.15) is 5.26 Å². The number of hydrogen-bond donors (Lipinski definition) is 2. The van der Waals surface area contributed by atoms with Gasteiger partial charge >= 0.3 is 0 Å². The number of halogens is 1. The summed E-state index contributed by atoms with van der Waals surface area (Å²) in [7, 11) is 0. The van der Waals surface area contributed by atoms with Crippen molar-refractivity contribution in [3.05, 3.63) is 29.1 Å². The summed E-state index contributed by atoms with van der Waals surface area (Å²) in [5.41, 5.74) is 12.3. The molecule has 1 aromatic rings. The zero-order chi connectivity index (χ0) is 10.7. The van der Waals surface area contributed by atoms with Gasteiger partial charge in [-0.1, -0.05) is 6.07 Å². The van der Waals surface area contributed by atoms with Crippen molar-refractivity contribution in [3.63, 3.8) is 0 Å². The highest BCUT2D eigenvalue weighted by molar-refractivity contribution is 5.49. The molecule has 1 aromatic carbocycles. The van der Waals surface area contributed by atoms with Gasteiger partial charge in [0.1, 0.15) is 5.82 Å². The molecule has 0 aliphatic rings. The van der Waals surface area contributed by atoms with Gasteiger partial charge in [0.15, 0.2) is 0 Å². The van der Waals surface area contributed by atoms with Crippen LogP contribution in [0.4, 0.5) is 10.1 Å². The lowest BCUT2D eigenvalue weighted by Gasteiger charge is -2.12. The third-order valence-corrected chi connectivity index (χ3v) is 2.17. The molecule has 0 heterocycles. The molecule has 4 heteroatoms. The molecule has 0 fully saturated rings. The lowest BCUT2D eigenvalue weighted by molar-refractivity contribution is 0.578. The molecule has 0 aromatic heterocycles. The minimum absolute atomic E-state index is 0.0975. The lowest BCUT2D eigenvalue weighted by atomic mass is 10.0. The summed E-state index contributed by atoms with van der Waals surface area (Å²) in [6.45, 7) is 1.59. The van der Waals surface area contributed by atoms with E-state index in [-0.39, 0.29) is 6.42 Å². The van der Waals surface area contributed by atoms with Crippen molar-refractivity contribution in [2.45, 2.75) is 19.4 Å². The maximum absolute atomic E-state index is 13.6. The van der Waals surface area contributed by atoms with Gasteiger partial charge < -0.3 is 11.5 Å². The predicted octanol–water partition coefficient (Wildman–Crippen LogP) is 1.63. The molecular weight excluding hydrogens is 181 g/mol. The topological polar surface area (TPSA) is 75.8 Å². The Morgan fingerprint density at radius 1 is 1.57 bits per heavy atom. The summed E-state index contributed by atoms with van der Waals surface area (Å²) in [6, 6.07) is 4.45. The second-order valence-electron chi connectivity index (χ2n) is 3.15. The van der Waals surface area contributed by atoms with Crippen LogP contribution in [0.25, 0.3) is 0 Å². The number of nitrogens with zero attached hydrogens (tertiary/aromatic N) is 1. The van der Waals surface area contributed by atoms with Crippen LogP contribution in [0.1, 0.15) is 23.6 Å². The van der Waals surface area contributed by atoms with Crippen molar-refractivity contribution in [2.24, 2.45) is 5.73 Å². The van der Waals surface area contributed by atoms with Gasteiger partial charge in [0.2, 0.25) is 0 Å². The Labute approximate surface area is 82.1 Å². The van der Waals surface area contributed by atoms with Crippen LogP contribution in [0.2, 0.25) is 0 Å². The van der Waals surface area contributed by atoms with Gasteiger partial charge in [0.05, 0.1) is 12.5 Å². The summed E-state index contributed by atoms with van der Waals surface area (Å²) >= 11 is 0. The average Bonchev–Trinajstić information content (AvgIpc) is 2.15. The standard InChI is InChI=1S/C10H12FN3/c1-6-8(13)3-2-7(10(6)11)9(14)4-5-12/h2-3,9H,4,13-14H2,1H3/t9-/m1/s1. The monoisotopic (exact) mass is 193 g/mol. The number of nitriles is 1. The summed E-state index contributed by atoms with van der Waals surface area (Å²) in [6.07, 6.45) is 0.0975. The maximum atomic E-state index is 13.6. The van der Waals surface area contributed by atoms with Crippen LogP contribution >= 0.6 is 0 Å². The fourth-order valence-corrected chi connectivity index (χ4v) is 1.22. The molecule has 3 nitrogen and oxygen atoms in total. The second-order valence-corrected chi connectivity index (χ2v) is 3.15. The van der Waals surface area contributed by atoms with Gasteiger partial charge in [0.25, 0.3) is 0 Å². The number of nitrogens with two attached hydrogens (primary N) is 2. The van der Waals surface area contributed by atoms with Crippen LogP contribution < -0.4 is 11.5 Å². The van der Waals surface area contributed by atoms with Crippen molar-refractivity contribution in [1.29, 1.82) is 5.26 Å². The lowest BCUT2D eigenvalue weighted by Crippen LogP contribution is -2.12. The van der Waals surface area contributed by atoms with Crippen LogP contribution in [0.15, 0.2) is 12.1 Å². The van der Waals surface area contributed by atoms with E-state index in [1.807, 2.05) is 6.07 Å². The Hall–Kier alpha value is -1.60. The Kier molecular flexibility index (Phi) is 3.05. The highest BCUT2D eigenvalue weighted by atomic mass is 19.1. The van der Waals surface area contributed by atoms with Crippen molar-refractivity contribution in [2.75, 3.05) is 5.73 Å². The first-order chi connectivity index (χ1) is 6.57. The third kappa shape index (κ3) is 1.83. The fraction of sp³-hybridized carbons (Fsp3) is 0.300. The summed E-state index contributed by atoms with van der Waals surface area (Å²) < 4.78 is 13.6. The first-order valence-corrected chi connectivity index (χ1v) is 4.25. The number of benzene rings is 1. The highest BCUT2D eigenvalue weighted by Gasteiger charge is 2.13. The Morgan fingerprint density at radius 2 is 2.21 bits per heavy atom. The minimum atomic E-state index is -0.584. The molecule has 1 rings (SSSR count). The van der Waals surface area contributed by atoms with E-state index >= 15 is 0 Å². The van der Waals surface area contributed by atoms with E-state index in [1.54, 1.807) is 13.0 Å². The number of anilines is 1. The van der Waals surface area contributed by atoms with E-state index in [2.05, 4.69) is 0 Å². The quantitative estimate of drug-likeness (QED) is 0.701. The average molecular weight is 193 g/mol. The molecule has 0 bridgehead atoms. The van der Waals surface area contributed by atoms with Crippen molar-refractivity contribution in [3.8, 4) is 6.07 Å². The van der Waals surface area contributed by atoms with Gasteiger partial charge in [0, 0.05) is 22.9 Å². The molecule has 0 radical (unpaired) electrons. The normalized spacial score (nSPS) is 12.1. The molecule has 0 saturated heterocycles. The van der Waals surface area contributed by atoms with E-state index in [1.165, 1.54) is 6.07 Å². The summed E-state index contributed by atoms with van der Waals surface area (Å²) in [5.74, 6) is -0.409. The highest BCUT2D eigenvalue weighted by Crippen LogP contribution is 2.23. The molecule has 0 aliphatic carbocycles. The van der Waals surface area contributed by atoms with Gasteiger partial charge in [-0.05, 0) is 13.0 Å². The van der Waals surface area contributed by atoms with Gasteiger partial charge in [-0.15, -0.1) is 0 Å². The van der Waals surface area contributed by atoms with E-state index < -0.39 is 11.9 Å². The van der Waals surface area contributed by atoms with Crippen LogP contribution in [0.3, 0.4) is 0 Å². The SMILES string of the molecule is Cc1c(N)ccc([C@H](N)CC#N)c1F. The van der Waals surface area contributed by atoms with Crippen LogP contribution in [-0.4, -0.2) is 0 Å². The smallest absolute Gasteiger partial charge is 0.132 e. The zero-order valence-corrected chi connectivity index (χ0v) is 7.92. The molecule has 0 saturated carbocycles.